The van der Waals surface area contributed by atoms with Gasteiger partial charge in [-0.15, -0.1) is 0 Å². The van der Waals surface area contributed by atoms with Crippen LogP contribution in [0.25, 0.3) is 16.0 Å². The van der Waals surface area contributed by atoms with Gasteiger partial charge in [0.1, 0.15) is 17.1 Å². The van der Waals surface area contributed by atoms with E-state index in [1.807, 2.05) is 32.0 Å². The number of rotatable bonds is 6. The largest absolute Gasteiger partial charge is 0.493 e. The number of ether oxygens (including phenoxy) is 2. The topological polar surface area (TPSA) is 99.7 Å². The molecule has 0 spiro atoms. The van der Waals surface area contributed by atoms with Gasteiger partial charge in [0.25, 0.3) is 5.56 Å². The molecule has 10 heteroatoms. The molecule has 4 aromatic rings. The van der Waals surface area contributed by atoms with E-state index in [-0.39, 0.29) is 18.0 Å². The lowest BCUT2D eigenvalue weighted by atomic mass is 10.2. The van der Waals surface area contributed by atoms with E-state index in [1.165, 1.54) is 15.9 Å². The zero-order chi connectivity index (χ0) is 21.4. The lowest BCUT2D eigenvalue weighted by Crippen LogP contribution is -2.29. The SMILES string of the molecule is COc1ccc(CNC(=O)Cn2c(C)cc3nc4sc(C)nn4c(=O)c32)cc1OC. The van der Waals surface area contributed by atoms with Crippen LogP contribution in [0, 0.1) is 13.8 Å². The van der Waals surface area contributed by atoms with Gasteiger partial charge in [0.05, 0.1) is 19.7 Å². The zero-order valence-electron chi connectivity index (χ0n) is 17.1. The van der Waals surface area contributed by atoms with Crippen LogP contribution in [-0.4, -0.2) is 39.3 Å². The second-order valence-corrected chi connectivity index (χ2v) is 7.96. The number of benzene rings is 1. The van der Waals surface area contributed by atoms with Crippen molar-refractivity contribution in [3.8, 4) is 11.5 Å². The highest BCUT2D eigenvalue weighted by molar-refractivity contribution is 7.16. The van der Waals surface area contributed by atoms with Crippen molar-refractivity contribution in [1.82, 2.24) is 24.5 Å². The van der Waals surface area contributed by atoms with Gasteiger partial charge < -0.3 is 19.4 Å². The number of fused-ring (bicyclic) bond motifs is 2. The second kappa shape index (κ2) is 7.79. The van der Waals surface area contributed by atoms with Crippen LogP contribution < -0.4 is 20.3 Å². The lowest BCUT2D eigenvalue weighted by molar-refractivity contribution is -0.121. The number of carbonyl (C=O) groups excluding carboxylic acids is 1. The molecule has 1 N–H and O–H groups in total. The Bertz CT molecular complexity index is 1320. The molecule has 0 radical (unpaired) electrons. The number of aromatic nitrogens is 4. The lowest BCUT2D eigenvalue weighted by Gasteiger charge is -2.11. The van der Waals surface area contributed by atoms with Gasteiger partial charge in [-0.2, -0.15) is 9.61 Å². The zero-order valence-corrected chi connectivity index (χ0v) is 17.9. The number of aryl methyl sites for hydroxylation is 2. The molecule has 0 aliphatic carbocycles. The van der Waals surface area contributed by atoms with Crippen molar-refractivity contribution >= 4 is 33.2 Å². The fraction of sp³-hybridized carbons (Fsp3) is 0.300. The molecule has 4 rings (SSSR count). The van der Waals surface area contributed by atoms with Crippen molar-refractivity contribution in [2.75, 3.05) is 14.2 Å². The van der Waals surface area contributed by atoms with Crippen LogP contribution >= 0.6 is 11.3 Å². The number of nitrogens with one attached hydrogen (secondary N) is 1. The van der Waals surface area contributed by atoms with Gasteiger partial charge in [-0.3, -0.25) is 9.59 Å². The Balaban J connectivity index is 1.57. The number of carbonyl (C=O) groups is 1. The number of amides is 1. The fourth-order valence-corrected chi connectivity index (χ4v) is 4.09. The van der Waals surface area contributed by atoms with Gasteiger partial charge in [-0.25, -0.2) is 4.98 Å². The molecular weight excluding hydrogens is 406 g/mol. The summed E-state index contributed by atoms with van der Waals surface area (Å²) >= 11 is 1.35. The summed E-state index contributed by atoms with van der Waals surface area (Å²) in [4.78, 5) is 30.6. The number of hydrogen-bond acceptors (Lipinski definition) is 7. The van der Waals surface area contributed by atoms with Crippen LogP contribution in [-0.2, 0) is 17.9 Å². The molecule has 0 saturated heterocycles. The van der Waals surface area contributed by atoms with Crippen molar-refractivity contribution in [2.24, 2.45) is 0 Å². The molecule has 1 aromatic carbocycles. The van der Waals surface area contributed by atoms with Gasteiger partial charge in [0.15, 0.2) is 11.5 Å². The monoisotopic (exact) mass is 427 g/mol. The van der Waals surface area contributed by atoms with E-state index in [0.29, 0.717) is 34.0 Å². The minimum atomic E-state index is -0.278. The first-order valence-corrected chi connectivity index (χ1v) is 10.1. The van der Waals surface area contributed by atoms with Gasteiger partial charge in [-0.05, 0) is 37.6 Å². The Kier molecular flexibility index (Phi) is 5.17. The average Bonchev–Trinajstić information content (AvgIpc) is 3.25. The van der Waals surface area contributed by atoms with E-state index in [9.17, 15) is 9.59 Å². The molecule has 0 atom stereocenters. The van der Waals surface area contributed by atoms with Crippen molar-refractivity contribution in [1.29, 1.82) is 0 Å². The van der Waals surface area contributed by atoms with Gasteiger partial charge >= 0.3 is 0 Å². The molecule has 0 fully saturated rings. The smallest absolute Gasteiger partial charge is 0.299 e. The van der Waals surface area contributed by atoms with E-state index >= 15 is 0 Å². The van der Waals surface area contributed by atoms with Gasteiger partial charge in [-0.1, -0.05) is 17.4 Å². The molecule has 1 amide bonds. The molecule has 156 valence electrons. The molecular formula is C20H21N5O4S. The maximum Gasteiger partial charge on any atom is 0.299 e. The summed E-state index contributed by atoms with van der Waals surface area (Å²) in [6, 6.07) is 7.27. The highest BCUT2D eigenvalue weighted by Crippen LogP contribution is 2.27. The maximum atomic E-state index is 12.9. The third-order valence-electron chi connectivity index (χ3n) is 4.80. The van der Waals surface area contributed by atoms with Crippen LogP contribution in [0.5, 0.6) is 11.5 Å². The molecule has 0 bridgehead atoms. The third kappa shape index (κ3) is 3.50. The standard InChI is InChI=1S/C20H21N5O4S/c1-11-7-14-18(19(27)25-20(22-14)30-12(2)23-25)24(11)10-17(26)21-9-13-5-6-15(28-3)16(8-13)29-4/h5-8H,9-10H2,1-4H3,(H,21,26). The molecule has 0 aliphatic heterocycles. The van der Waals surface area contributed by atoms with Crippen molar-refractivity contribution in [3.63, 3.8) is 0 Å². The summed E-state index contributed by atoms with van der Waals surface area (Å²) in [7, 11) is 3.13. The van der Waals surface area contributed by atoms with E-state index in [2.05, 4.69) is 15.4 Å². The van der Waals surface area contributed by atoms with E-state index in [1.54, 1.807) is 24.9 Å². The Morgan fingerprint density at radius 1 is 1.17 bits per heavy atom. The molecule has 0 unspecified atom stereocenters. The molecule has 0 saturated carbocycles. The quantitative estimate of drug-likeness (QED) is 0.506. The van der Waals surface area contributed by atoms with Crippen molar-refractivity contribution in [3.05, 3.63) is 50.9 Å². The number of nitrogens with zero attached hydrogens (tertiary/aromatic N) is 4. The van der Waals surface area contributed by atoms with E-state index in [4.69, 9.17) is 9.47 Å². The first-order chi connectivity index (χ1) is 14.4. The summed E-state index contributed by atoms with van der Waals surface area (Å²) in [5.74, 6) is 1.00. The second-order valence-electron chi connectivity index (χ2n) is 6.80. The summed E-state index contributed by atoms with van der Waals surface area (Å²) in [6.45, 7) is 4.00. The van der Waals surface area contributed by atoms with Crippen molar-refractivity contribution in [2.45, 2.75) is 26.9 Å². The molecule has 3 heterocycles. The first-order valence-electron chi connectivity index (χ1n) is 9.25. The fourth-order valence-electron chi connectivity index (χ4n) is 3.35. The molecule has 0 aliphatic rings. The average molecular weight is 427 g/mol. The Labute approximate surface area is 175 Å². The van der Waals surface area contributed by atoms with E-state index < -0.39 is 0 Å². The normalized spacial score (nSPS) is 11.2. The van der Waals surface area contributed by atoms with Gasteiger partial charge in [0, 0.05) is 12.2 Å². The maximum absolute atomic E-state index is 12.9. The Morgan fingerprint density at radius 2 is 1.93 bits per heavy atom. The summed E-state index contributed by atoms with van der Waals surface area (Å²) in [5.41, 5.74) is 2.31. The van der Waals surface area contributed by atoms with Crippen LogP contribution in [0.1, 0.15) is 16.3 Å². The first kappa shape index (κ1) is 19.9. The Morgan fingerprint density at radius 3 is 2.67 bits per heavy atom. The molecule has 3 aromatic heterocycles. The molecule has 30 heavy (non-hydrogen) atoms. The van der Waals surface area contributed by atoms with Crippen LogP contribution in [0.3, 0.4) is 0 Å². The number of methoxy groups -OCH3 is 2. The summed E-state index contributed by atoms with van der Waals surface area (Å²) in [6.07, 6.45) is 0. The molecule has 9 nitrogen and oxygen atoms in total. The Hall–Kier alpha value is -3.40. The van der Waals surface area contributed by atoms with Crippen LogP contribution in [0.15, 0.2) is 29.1 Å². The number of hydrogen-bond donors (Lipinski definition) is 1. The van der Waals surface area contributed by atoms with Crippen molar-refractivity contribution < 1.29 is 14.3 Å². The predicted molar refractivity (Wildman–Crippen MR) is 113 cm³/mol. The predicted octanol–water partition coefficient (Wildman–Crippen LogP) is 2.06. The minimum absolute atomic E-state index is 0.00866. The van der Waals surface area contributed by atoms with E-state index in [0.717, 1.165) is 16.3 Å². The summed E-state index contributed by atoms with van der Waals surface area (Å²) in [5, 5.41) is 7.86. The van der Waals surface area contributed by atoms with Gasteiger partial charge in [0.2, 0.25) is 10.9 Å². The third-order valence-corrected chi connectivity index (χ3v) is 5.62. The van der Waals surface area contributed by atoms with Crippen LogP contribution in [0.2, 0.25) is 0 Å². The van der Waals surface area contributed by atoms with Crippen LogP contribution in [0.4, 0.5) is 0 Å². The highest BCUT2D eigenvalue weighted by Gasteiger charge is 2.17. The highest BCUT2D eigenvalue weighted by atomic mass is 32.1. The summed E-state index contributed by atoms with van der Waals surface area (Å²) < 4.78 is 13.5. The minimum Gasteiger partial charge on any atom is -0.493 e.